The molecule has 1 rings (SSSR count). The number of nitrogens with zero attached hydrogens (tertiary/aromatic N) is 3. The van der Waals surface area contributed by atoms with Crippen molar-refractivity contribution >= 4 is 43.7 Å². The van der Waals surface area contributed by atoms with Gasteiger partial charge < -0.3 is 0 Å². The van der Waals surface area contributed by atoms with E-state index in [1.165, 1.54) is 16.5 Å². The molecule has 2 amide bonds. The molecule has 1 aromatic heterocycles. The molecule has 2 N–H and O–H groups in total. The number of rotatable bonds is 3. The first-order valence-corrected chi connectivity index (χ1v) is 7.63. The summed E-state index contributed by atoms with van der Waals surface area (Å²) in [6, 6.07) is -1.04. The van der Waals surface area contributed by atoms with Gasteiger partial charge in [-0.2, -0.15) is 18.4 Å². The second kappa shape index (κ2) is 5.47. The van der Waals surface area contributed by atoms with E-state index < -0.39 is 15.3 Å². The van der Waals surface area contributed by atoms with Crippen LogP contribution in [0.5, 0.6) is 0 Å². The zero-order valence-electron chi connectivity index (χ0n) is 8.76. The maximum Gasteiger partial charge on any atom is 0.336 e. The average Bonchev–Trinajstić information content (AvgIpc) is 2.13. The quantitative estimate of drug-likeness (QED) is 0.617. The highest BCUT2D eigenvalue weighted by atomic mass is 35.7. The molecule has 1 heterocycles. The van der Waals surface area contributed by atoms with Crippen LogP contribution in [0.4, 0.5) is 10.7 Å². The summed E-state index contributed by atoms with van der Waals surface area (Å²) in [4.78, 5) is 22.8. The van der Waals surface area contributed by atoms with Crippen molar-refractivity contribution in [1.29, 1.82) is 0 Å². The summed E-state index contributed by atoms with van der Waals surface area (Å²) < 4.78 is 22.6. The van der Waals surface area contributed by atoms with E-state index in [4.69, 9.17) is 10.7 Å². The van der Waals surface area contributed by atoms with Crippen LogP contribution in [0.2, 0.25) is 0 Å². The van der Waals surface area contributed by atoms with E-state index in [1.54, 1.807) is 13.2 Å². The van der Waals surface area contributed by atoms with E-state index in [1.807, 2.05) is 0 Å². The first kappa shape index (κ1) is 13.9. The van der Waals surface area contributed by atoms with Crippen molar-refractivity contribution in [1.82, 2.24) is 19.7 Å². The lowest BCUT2D eigenvalue weighted by Gasteiger charge is -2.04. The summed E-state index contributed by atoms with van der Waals surface area (Å²) >= 11 is 1.26. The third-order valence-corrected chi connectivity index (χ3v) is 2.56. The molecule has 11 heteroatoms. The van der Waals surface area contributed by atoms with Crippen LogP contribution in [0.3, 0.4) is 0 Å². The lowest BCUT2D eigenvalue weighted by atomic mass is 10.7. The summed E-state index contributed by atoms with van der Waals surface area (Å²) in [5.41, 5.74) is 0. The predicted octanol–water partition coefficient (Wildman–Crippen LogP) is 0.507. The minimum atomic E-state index is -4.14. The minimum absolute atomic E-state index is 0.0559. The normalized spacial score (nSPS) is 11.0. The number of thioether (sulfide) groups is 1. The van der Waals surface area contributed by atoms with Crippen molar-refractivity contribution in [3.05, 3.63) is 5.82 Å². The van der Waals surface area contributed by atoms with E-state index in [0.717, 1.165) is 0 Å². The molecule has 0 aromatic carbocycles. The van der Waals surface area contributed by atoms with Crippen LogP contribution >= 0.6 is 22.4 Å². The number of halogens is 1. The third-order valence-electron chi connectivity index (χ3n) is 1.35. The molecule has 0 aliphatic carbocycles. The number of urea groups is 1. The van der Waals surface area contributed by atoms with E-state index >= 15 is 0 Å². The molecule has 0 radical (unpaired) electrons. The number of hydrogen-bond acceptors (Lipinski definition) is 7. The molecule has 0 saturated carbocycles. The summed E-state index contributed by atoms with van der Waals surface area (Å²) in [5.74, 6) is 0.341. The van der Waals surface area contributed by atoms with E-state index in [-0.39, 0.29) is 5.95 Å². The Morgan fingerprint density at radius 2 is 2.00 bits per heavy atom. The van der Waals surface area contributed by atoms with Gasteiger partial charge in [-0.15, -0.1) is 0 Å². The van der Waals surface area contributed by atoms with Crippen LogP contribution in [0, 0.1) is 6.92 Å². The van der Waals surface area contributed by atoms with E-state index in [9.17, 15) is 13.2 Å². The van der Waals surface area contributed by atoms with Gasteiger partial charge in [-0.25, -0.2) is 14.5 Å². The molecule has 94 valence electrons. The fourth-order valence-corrected chi connectivity index (χ4v) is 1.73. The standard InChI is InChI=1S/C6H8ClN5O3S2/c1-3-8-4(11-6(9-3)16-2)10-5(13)12-17(7,14)15/h1-2H3,(H2,8,9,10,11,12,13). The predicted molar refractivity (Wildman–Crippen MR) is 63.3 cm³/mol. The molecule has 0 aliphatic heterocycles. The molecule has 0 fully saturated rings. The van der Waals surface area contributed by atoms with Gasteiger partial charge in [-0.05, 0) is 13.2 Å². The molecule has 1 aromatic rings. The number of carbonyl (C=O) groups is 1. The molecule has 0 aliphatic rings. The van der Waals surface area contributed by atoms with Crippen LogP contribution in [0.1, 0.15) is 5.82 Å². The van der Waals surface area contributed by atoms with Crippen molar-refractivity contribution in [3.63, 3.8) is 0 Å². The van der Waals surface area contributed by atoms with Crippen molar-refractivity contribution in [2.45, 2.75) is 12.1 Å². The summed E-state index contributed by atoms with van der Waals surface area (Å²) in [6.45, 7) is 1.61. The largest absolute Gasteiger partial charge is 0.336 e. The molecule has 0 unspecified atom stereocenters. The van der Waals surface area contributed by atoms with Crippen LogP contribution in [0.25, 0.3) is 0 Å². The summed E-state index contributed by atoms with van der Waals surface area (Å²) in [7, 11) is 0.692. The Bertz CT molecular complexity index is 534. The van der Waals surface area contributed by atoms with E-state index in [0.29, 0.717) is 11.0 Å². The first-order valence-electron chi connectivity index (χ1n) is 4.10. The SMILES string of the molecule is CSc1nc(C)nc(NC(=O)NS(=O)(=O)Cl)n1. The van der Waals surface area contributed by atoms with Gasteiger partial charge in [0, 0.05) is 10.7 Å². The van der Waals surface area contributed by atoms with Gasteiger partial charge in [0.25, 0.3) is 0 Å². The van der Waals surface area contributed by atoms with Gasteiger partial charge in [0.2, 0.25) is 5.95 Å². The monoisotopic (exact) mass is 297 g/mol. The number of anilines is 1. The Balaban J connectivity index is 2.81. The second-order valence-corrected chi connectivity index (χ2v) is 5.76. The van der Waals surface area contributed by atoms with Gasteiger partial charge >= 0.3 is 15.3 Å². The third kappa shape index (κ3) is 5.15. The topological polar surface area (TPSA) is 114 Å². The van der Waals surface area contributed by atoms with Crippen molar-refractivity contribution < 1.29 is 13.2 Å². The molecular formula is C6H8ClN5O3S2. The van der Waals surface area contributed by atoms with Crippen LogP contribution < -0.4 is 10.0 Å². The number of aromatic nitrogens is 3. The van der Waals surface area contributed by atoms with Gasteiger partial charge in [0.05, 0.1) is 0 Å². The Hall–Kier alpha value is -1.13. The molecular weight excluding hydrogens is 290 g/mol. The highest BCUT2D eigenvalue weighted by Crippen LogP contribution is 2.10. The first-order chi connectivity index (χ1) is 7.80. The van der Waals surface area contributed by atoms with Crippen molar-refractivity contribution in [3.8, 4) is 0 Å². The molecule has 0 bridgehead atoms. The van der Waals surface area contributed by atoms with Crippen LogP contribution in [-0.4, -0.2) is 35.7 Å². The molecule has 0 atom stereocenters. The number of hydrogen-bond donors (Lipinski definition) is 2. The van der Waals surface area contributed by atoms with Crippen LogP contribution in [-0.2, 0) is 9.24 Å². The Kier molecular flexibility index (Phi) is 4.48. The fourth-order valence-electron chi connectivity index (χ4n) is 0.842. The maximum atomic E-state index is 11.1. The van der Waals surface area contributed by atoms with E-state index in [2.05, 4.69) is 20.3 Å². The highest BCUT2D eigenvalue weighted by Gasteiger charge is 2.12. The second-order valence-electron chi connectivity index (χ2n) is 2.69. The maximum absolute atomic E-state index is 11.1. The van der Waals surface area contributed by atoms with Crippen LogP contribution in [0.15, 0.2) is 5.16 Å². The molecule has 17 heavy (non-hydrogen) atoms. The zero-order chi connectivity index (χ0) is 13.1. The van der Waals surface area contributed by atoms with Gasteiger partial charge in [-0.3, -0.25) is 5.32 Å². The number of nitrogens with one attached hydrogen (secondary N) is 2. The van der Waals surface area contributed by atoms with Crippen molar-refractivity contribution in [2.75, 3.05) is 11.6 Å². The number of amides is 2. The number of aryl methyl sites for hydroxylation is 1. The highest BCUT2D eigenvalue weighted by molar-refractivity contribution is 8.12. The molecule has 0 spiro atoms. The van der Waals surface area contributed by atoms with Crippen molar-refractivity contribution in [2.24, 2.45) is 0 Å². The zero-order valence-corrected chi connectivity index (χ0v) is 11.1. The Labute approximate surface area is 106 Å². The smallest absolute Gasteiger partial charge is 0.275 e. The van der Waals surface area contributed by atoms with Gasteiger partial charge in [-0.1, -0.05) is 11.8 Å². The molecule has 0 saturated heterocycles. The Morgan fingerprint density at radius 3 is 2.53 bits per heavy atom. The lowest BCUT2D eigenvalue weighted by molar-refractivity contribution is 0.256. The Morgan fingerprint density at radius 1 is 1.35 bits per heavy atom. The lowest BCUT2D eigenvalue weighted by Crippen LogP contribution is -2.32. The summed E-state index contributed by atoms with van der Waals surface area (Å²) in [5, 5.41) is 2.53. The van der Waals surface area contributed by atoms with Gasteiger partial charge in [0.1, 0.15) is 5.82 Å². The van der Waals surface area contributed by atoms with Gasteiger partial charge in [0.15, 0.2) is 5.16 Å². The average molecular weight is 298 g/mol. The minimum Gasteiger partial charge on any atom is -0.275 e. The number of carbonyl (C=O) groups excluding carboxylic acids is 1. The summed E-state index contributed by atoms with van der Waals surface area (Å²) in [6.07, 6.45) is 1.75. The fraction of sp³-hybridized carbons (Fsp3) is 0.333. The molecule has 8 nitrogen and oxygen atoms in total.